The minimum Gasteiger partial charge on any atom is -0.377 e. The molecule has 128 valence electrons. The summed E-state index contributed by atoms with van der Waals surface area (Å²) in [6, 6.07) is 3.64. The van der Waals surface area contributed by atoms with Crippen LogP contribution < -0.4 is 5.32 Å². The highest BCUT2D eigenvalue weighted by Gasteiger charge is 2.24. The van der Waals surface area contributed by atoms with E-state index >= 15 is 0 Å². The third-order valence-corrected chi connectivity index (χ3v) is 5.00. The number of pyridine rings is 1. The van der Waals surface area contributed by atoms with Gasteiger partial charge in [-0.1, -0.05) is 0 Å². The Morgan fingerprint density at radius 3 is 2.78 bits per heavy atom. The molecule has 1 fully saturated rings. The van der Waals surface area contributed by atoms with E-state index in [-0.39, 0.29) is 25.0 Å². The molecule has 0 saturated carbocycles. The van der Waals surface area contributed by atoms with Crippen molar-refractivity contribution in [2.24, 2.45) is 0 Å². The van der Waals surface area contributed by atoms with Gasteiger partial charge in [-0.25, -0.2) is 8.42 Å². The minimum atomic E-state index is -3.35. The summed E-state index contributed by atoms with van der Waals surface area (Å²) in [5.41, 5.74) is 0.952. The monoisotopic (exact) mass is 341 g/mol. The summed E-state index contributed by atoms with van der Waals surface area (Å²) in [6.45, 7) is 1.57. The van der Waals surface area contributed by atoms with Crippen LogP contribution in [0, 0.1) is 0 Å². The van der Waals surface area contributed by atoms with Gasteiger partial charge in [0.2, 0.25) is 15.9 Å². The van der Waals surface area contributed by atoms with Crippen LogP contribution in [-0.2, 0) is 26.1 Å². The van der Waals surface area contributed by atoms with Crippen molar-refractivity contribution in [1.29, 1.82) is 0 Å². The molecule has 1 atom stereocenters. The third-order valence-electron chi connectivity index (χ3n) is 3.73. The molecule has 1 saturated heterocycles. The fourth-order valence-corrected chi connectivity index (χ4v) is 3.28. The molecule has 1 aromatic rings. The molecule has 0 aliphatic carbocycles. The Labute approximate surface area is 137 Å². The zero-order valence-electron chi connectivity index (χ0n) is 13.3. The Bertz CT molecular complexity index is 600. The van der Waals surface area contributed by atoms with E-state index in [2.05, 4.69) is 10.3 Å². The van der Waals surface area contributed by atoms with Crippen LogP contribution in [0.5, 0.6) is 0 Å². The molecule has 2 heterocycles. The molecule has 0 bridgehead atoms. The summed E-state index contributed by atoms with van der Waals surface area (Å²) in [5, 5.41) is 2.78. The Morgan fingerprint density at radius 2 is 2.17 bits per heavy atom. The highest BCUT2D eigenvalue weighted by Crippen LogP contribution is 2.15. The number of amides is 1. The molecule has 0 aromatic carbocycles. The first kappa shape index (κ1) is 17.8. The lowest BCUT2D eigenvalue weighted by molar-refractivity contribution is -0.121. The number of rotatable bonds is 8. The highest BCUT2D eigenvalue weighted by atomic mass is 32.2. The van der Waals surface area contributed by atoms with Gasteiger partial charge in [0, 0.05) is 45.1 Å². The Balaban J connectivity index is 1.79. The topological polar surface area (TPSA) is 88.6 Å². The van der Waals surface area contributed by atoms with Crippen molar-refractivity contribution in [1.82, 2.24) is 14.6 Å². The minimum absolute atomic E-state index is 0.0652. The smallest absolute Gasteiger partial charge is 0.221 e. The first-order valence-corrected chi connectivity index (χ1v) is 9.52. The van der Waals surface area contributed by atoms with Gasteiger partial charge in [0.1, 0.15) is 0 Å². The molecular weight excluding hydrogens is 318 g/mol. The first-order valence-electron chi connectivity index (χ1n) is 7.67. The number of nitrogens with zero attached hydrogens (tertiary/aromatic N) is 2. The van der Waals surface area contributed by atoms with Crippen LogP contribution in [-0.4, -0.2) is 55.7 Å². The predicted octanol–water partition coefficient (Wildman–Crippen LogP) is 0.529. The lowest BCUT2D eigenvalue weighted by Crippen LogP contribution is -2.39. The van der Waals surface area contributed by atoms with Crippen LogP contribution in [0.4, 0.5) is 0 Å². The average molecular weight is 341 g/mol. The van der Waals surface area contributed by atoms with Gasteiger partial charge in [-0.3, -0.25) is 9.78 Å². The van der Waals surface area contributed by atoms with E-state index in [9.17, 15) is 13.2 Å². The van der Waals surface area contributed by atoms with Crippen molar-refractivity contribution >= 4 is 15.9 Å². The molecule has 7 nitrogen and oxygen atoms in total. The Kier molecular flexibility index (Phi) is 6.49. The second-order valence-electron chi connectivity index (χ2n) is 5.64. The van der Waals surface area contributed by atoms with Gasteiger partial charge in [0.05, 0.1) is 12.4 Å². The molecule has 1 aliphatic heterocycles. The summed E-state index contributed by atoms with van der Waals surface area (Å²) in [5.74, 6) is -0.178. The highest BCUT2D eigenvalue weighted by molar-refractivity contribution is 7.88. The van der Waals surface area contributed by atoms with Crippen molar-refractivity contribution in [2.45, 2.75) is 31.9 Å². The lowest BCUT2D eigenvalue weighted by atomic mass is 10.2. The molecule has 2 rings (SSSR count). The lowest BCUT2D eigenvalue weighted by Gasteiger charge is -2.22. The Hall–Kier alpha value is -1.51. The summed E-state index contributed by atoms with van der Waals surface area (Å²) < 4.78 is 30.5. The van der Waals surface area contributed by atoms with Crippen molar-refractivity contribution in [3.8, 4) is 0 Å². The predicted molar refractivity (Wildman–Crippen MR) is 86.1 cm³/mol. The average Bonchev–Trinajstić information content (AvgIpc) is 3.02. The molecule has 1 unspecified atom stereocenters. The van der Waals surface area contributed by atoms with Gasteiger partial charge >= 0.3 is 0 Å². The molecule has 1 N–H and O–H groups in total. The van der Waals surface area contributed by atoms with E-state index in [0.29, 0.717) is 19.7 Å². The van der Waals surface area contributed by atoms with Crippen LogP contribution in [0.1, 0.15) is 24.8 Å². The first-order chi connectivity index (χ1) is 10.9. The number of carbonyl (C=O) groups excluding carboxylic acids is 1. The second kappa shape index (κ2) is 8.37. The van der Waals surface area contributed by atoms with E-state index in [1.807, 2.05) is 12.1 Å². The van der Waals surface area contributed by atoms with Crippen molar-refractivity contribution in [3.05, 3.63) is 30.1 Å². The molecule has 1 amide bonds. The van der Waals surface area contributed by atoms with Gasteiger partial charge in [0.15, 0.2) is 0 Å². The number of carbonyl (C=O) groups is 1. The SMILES string of the molecule is CS(=O)(=O)N(CCC(=O)NCc1ccncc1)CC1CCCO1. The second-order valence-corrected chi connectivity index (χ2v) is 7.62. The number of hydrogen-bond acceptors (Lipinski definition) is 5. The van der Waals surface area contributed by atoms with Gasteiger partial charge in [0.25, 0.3) is 0 Å². The van der Waals surface area contributed by atoms with Crippen LogP contribution in [0.15, 0.2) is 24.5 Å². The number of nitrogens with one attached hydrogen (secondary N) is 1. The van der Waals surface area contributed by atoms with Crippen molar-refractivity contribution in [2.75, 3.05) is 26.0 Å². The molecule has 23 heavy (non-hydrogen) atoms. The zero-order valence-corrected chi connectivity index (χ0v) is 14.1. The van der Waals surface area contributed by atoms with Crippen LogP contribution >= 0.6 is 0 Å². The normalized spacial score (nSPS) is 18.3. The summed E-state index contributed by atoms with van der Waals surface area (Å²) in [7, 11) is -3.35. The van der Waals surface area contributed by atoms with E-state index < -0.39 is 10.0 Å². The standard InChI is InChI=1S/C15H23N3O4S/c1-23(20,21)18(12-14-3-2-10-22-14)9-6-15(19)17-11-13-4-7-16-8-5-13/h4-5,7-8,14H,2-3,6,9-12H2,1H3,(H,17,19). The molecule has 0 radical (unpaired) electrons. The molecule has 0 spiro atoms. The van der Waals surface area contributed by atoms with Crippen LogP contribution in [0.3, 0.4) is 0 Å². The van der Waals surface area contributed by atoms with Gasteiger partial charge in [-0.05, 0) is 30.5 Å². The largest absolute Gasteiger partial charge is 0.377 e. The quantitative estimate of drug-likeness (QED) is 0.745. The molecule has 8 heteroatoms. The van der Waals surface area contributed by atoms with Gasteiger partial charge in [-0.15, -0.1) is 0 Å². The number of aromatic nitrogens is 1. The summed E-state index contributed by atoms with van der Waals surface area (Å²) in [4.78, 5) is 15.8. The van der Waals surface area contributed by atoms with Crippen LogP contribution in [0.2, 0.25) is 0 Å². The van der Waals surface area contributed by atoms with E-state index in [1.165, 1.54) is 4.31 Å². The number of sulfonamides is 1. The van der Waals surface area contributed by atoms with Crippen LogP contribution in [0.25, 0.3) is 0 Å². The summed E-state index contributed by atoms with van der Waals surface area (Å²) >= 11 is 0. The maximum atomic E-state index is 11.9. The molecule has 1 aromatic heterocycles. The summed E-state index contributed by atoms with van der Waals surface area (Å²) in [6.07, 6.45) is 6.36. The van der Waals surface area contributed by atoms with Crippen molar-refractivity contribution in [3.63, 3.8) is 0 Å². The molecular formula is C15H23N3O4S. The third kappa shape index (κ3) is 6.25. The Morgan fingerprint density at radius 1 is 1.43 bits per heavy atom. The fraction of sp³-hybridized carbons (Fsp3) is 0.600. The fourth-order valence-electron chi connectivity index (χ4n) is 2.42. The van der Waals surface area contributed by atoms with Gasteiger partial charge < -0.3 is 10.1 Å². The number of ether oxygens (including phenoxy) is 1. The number of hydrogen-bond donors (Lipinski definition) is 1. The van der Waals surface area contributed by atoms with Gasteiger partial charge in [-0.2, -0.15) is 4.31 Å². The van der Waals surface area contributed by atoms with E-state index in [1.54, 1.807) is 12.4 Å². The maximum absolute atomic E-state index is 11.9. The van der Waals surface area contributed by atoms with E-state index in [4.69, 9.17) is 4.74 Å². The van der Waals surface area contributed by atoms with Crippen molar-refractivity contribution < 1.29 is 17.9 Å². The maximum Gasteiger partial charge on any atom is 0.221 e. The van der Waals surface area contributed by atoms with E-state index in [0.717, 1.165) is 24.7 Å². The zero-order chi connectivity index (χ0) is 16.7. The molecule has 1 aliphatic rings.